The Hall–Kier alpha value is -1.86. The Labute approximate surface area is 126 Å². The first-order valence-electron chi connectivity index (χ1n) is 6.94. The minimum Gasteiger partial charge on any atom is -0.313 e. The highest BCUT2D eigenvalue weighted by atomic mass is 31.2. The van der Waals surface area contributed by atoms with Crippen LogP contribution < -0.4 is 10.6 Å². The fourth-order valence-electron chi connectivity index (χ4n) is 2.36. The third-order valence-electron chi connectivity index (χ3n) is 3.17. The maximum absolute atomic E-state index is 13.7. The molecule has 0 aliphatic carbocycles. The van der Waals surface area contributed by atoms with E-state index >= 15 is 0 Å². The molecule has 2 aromatic rings. The number of benzene rings is 2. The number of hydrazone groups is 1. The molecule has 3 nitrogen and oxygen atoms in total. The van der Waals surface area contributed by atoms with Crippen molar-refractivity contribution in [2.75, 3.05) is 20.3 Å². The maximum atomic E-state index is 13.7. The standard InChI is InChI=1S/C17H21N2OP/c1-15(18-19(2)3)14-21(20,16-10-6-4-7-11-16)17-12-8-5-9-13-17/h4-13H,14H2,1-3H3/b18-15+. The summed E-state index contributed by atoms with van der Waals surface area (Å²) in [7, 11) is 1.06. The topological polar surface area (TPSA) is 32.7 Å². The van der Waals surface area contributed by atoms with E-state index < -0.39 is 7.14 Å². The number of hydrogen-bond acceptors (Lipinski definition) is 3. The van der Waals surface area contributed by atoms with Gasteiger partial charge in [0.15, 0.2) is 0 Å². The van der Waals surface area contributed by atoms with Gasteiger partial charge in [-0.2, -0.15) is 5.10 Å². The first-order valence-corrected chi connectivity index (χ1v) is 8.83. The van der Waals surface area contributed by atoms with E-state index in [9.17, 15) is 4.57 Å². The highest BCUT2D eigenvalue weighted by Crippen LogP contribution is 2.43. The molecule has 0 amide bonds. The predicted molar refractivity (Wildman–Crippen MR) is 91.4 cm³/mol. The quantitative estimate of drug-likeness (QED) is 0.483. The smallest absolute Gasteiger partial charge is 0.148 e. The zero-order chi connectivity index (χ0) is 15.3. The van der Waals surface area contributed by atoms with Gasteiger partial charge in [-0.1, -0.05) is 60.7 Å². The molecule has 0 aromatic heterocycles. The van der Waals surface area contributed by atoms with E-state index in [0.717, 1.165) is 16.3 Å². The van der Waals surface area contributed by atoms with Crippen LogP contribution in [-0.2, 0) is 4.57 Å². The molecular formula is C17H21N2OP. The molecule has 0 saturated heterocycles. The van der Waals surface area contributed by atoms with Crippen LogP contribution in [0.2, 0.25) is 0 Å². The lowest BCUT2D eigenvalue weighted by molar-refractivity contribution is 0.437. The minimum atomic E-state index is -2.69. The summed E-state index contributed by atoms with van der Waals surface area (Å²) in [5, 5.41) is 7.90. The molecule has 0 aliphatic rings. The second-order valence-corrected chi connectivity index (χ2v) is 8.08. The summed E-state index contributed by atoms with van der Waals surface area (Å²) in [5.41, 5.74) is 0.871. The van der Waals surface area contributed by atoms with Crippen LogP contribution >= 0.6 is 7.14 Å². The monoisotopic (exact) mass is 300 g/mol. The molecular weight excluding hydrogens is 279 g/mol. The first kappa shape index (κ1) is 15.5. The summed E-state index contributed by atoms with van der Waals surface area (Å²) in [6, 6.07) is 19.4. The molecule has 2 rings (SSSR count). The third-order valence-corrected chi connectivity index (χ3v) is 6.34. The van der Waals surface area contributed by atoms with Gasteiger partial charge in [0.25, 0.3) is 0 Å². The Morgan fingerprint density at radius 3 is 1.76 bits per heavy atom. The zero-order valence-electron chi connectivity index (χ0n) is 12.7. The van der Waals surface area contributed by atoms with Crippen molar-refractivity contribution in [3.05, 3.63) is 60.7 Å². The predicted octanol–water partition coefficient (Wildman–Crippen LogP) is 2.94. The van der Waals surface area contributed by atoms with E-state index in [1.165, 1.54) is 0 Å². The van der Waals surface area contributed by atoms with Crippen molar-refractivity contribution in [2.24, 2.45) is 5.10 Å². The summed E-state index contributed by atoms with van der Waals surface area (Å²) < 4.78 is 13.7. The lowest BCUT2D eigenvalue weighted by Gasteiger charge is -2.20. The molecule has 2 aromatic carbocycles. The molecule has 0 spiro atoms. The second-order valence-electron chi connectivity index (χ2n) is 5.25. The lowest BCUT2D eigenvalue weighted by Crippen LogP contribution is -2.22. The van der Waals surface area contributed by atoms with Gasteiger partial charge in [-0.25, -0.2) is 0 Å². The second kappa shape index (κ2) is 6.73. The van der Waals surface area contributed by atoms with Crippen LogP contribution in [-0.4, -0.2) is 31.0 Å². The SMILES string of the molecule is C/C(CP(=O)(c1ccccc1)c1ccccc1)=N\N(C)C. The van der Waals surface area contributed by atoms with Crippen LogP contribution in [0.1, 0.15) is 6.92 Å². The van der Waals surface area contributed by atoms with Gasteiger partial charge in [0.05, 0.1) is 0 Å². The van der Waals surface area contributed by atoms with Gasteiger partial charge in [-0.3, -0.25) is 0 Å². The number of rotatable bonds is 5. The maximum Gasteiger partial charge on any atom is 0.148 e. The molecule has 0 fully saturated rings. The van der Waals surface area contributed by atoms with Crippen LogP contribution in [0.5, 0.6) is 0 Å². The minimum absolute atomic E-state index is 0.458. The van der Waals surface area contributed by atoms with Gasteiger partial charge in [-0.05, 0) is 6.92 Å². The molecule has 4 heteroatoms. The number of nitrogens with zero attached hydrogens (tertiary/aromatic N) is 2. The largest absolute Gasteiger partial charge is 0.313 e. The van der Waals surface area contributed by atoms with Crippen molar-refractivity contribution in [2.45, 2.75) is 6.92 Å². The van der Waals surface area contributed by atoms with Crippen molar-refractivity contribution < 1.29 is 4.57 Å². The van der Waals surface area contributed by atoms with Crippen molar-refractivity contribution in [1.29, 1.82) is 0 Å². The highest BCUT2D eigenvalue weighted by Gasteiger charge is 2.27. The van der Waals surface area contributed by atoms with Crippen molar-refractivity contribution >= 4 is 23.5 Å². The summed E-state index contributed by atoms with van der Waals surface area (Å²) >= 11 is 0. The Morgan fingerprint density at radius 2 is 1.38 bits per heavy atom. The summed E-state index contributed by atoms with van der Waals surface area (Å²) in [6.45, 7) is 1.93. The molecule has 0 N–H and O–H groups in total. The highest BCUT2D eigenvalue weighted by molar-refractivity contribution is 7.79. The van der Waals surface area contributed by atoms with Gasteiger partial charge < -0.3 is 9.57 Å². The van der Waals surface area contributed by atoms with Crippen molar-refractivity contribution in [3.8, 4) is 0 Å². The average Bonchev–Trinajstić information content (AvgIpc) is 2.48. The summed E-state index contributed by atoms with van der Waals surface area (Å²) in [6.07, 6.45) is 0.458. The van der Waals surface area contributed by atoms with Crippen molar-refractivity contribution in [1.82, 2.24) is 5.01 Å². The Morgan fingerprint density at radius 1 is 0.952 bits per heavy atom. The molecule has 0 atom stereocenters. The molecule has 110 valence electrons. The molecule has 0 heterocycles. The van der Waals surface area contributed by atoms with E-state index in [4.69, 9.17) is 0 Å². The molecule has 0 saturated carbocycles. The van der Waals surface area contributed by atoms with E-state index in [0.29, 0.717) is 6.16 Å². The Balaban J connectivity index is 2.48. The van der Waals surface area contributed by atoms with Gasteiger partial charge >= 0.3 is 0 Å². The Kier molecular flexibility index (Phi) is 4.98. The average molecular weight is 300 g/mol. The van der Waals surface area contributed by atoms with E-state index in [-0.39, 0.29) is 0 Å². The lowest BCUT2D eigenvalue weighted by atomic mass is 10.4. The van der Waals surface area contributed by atoms with Crippen LogP contribution in [0.4, 0.5) is 0 Å². The van der Waals surface area contributed by atoms with E-state index in [1.807, 2.05) is 81.7 Å². The van der Waals surface area contributed by atoms with Gasteiger partial charge in [-0.15, -0.1) is 0 Å². The third kappa shape index (κ3) is 3.83. The van der Waals surface area contributed by atoms with E-state index in [2.05, 4.69) is 5.10 Å². The van der Waals surface area contributed by atoms with Gasteiger partial charge in [0.2, 0.25) is 0 Å². The molecule has 21 heavy (non-hydrogen) atoms. The number of hydrogen-bond donors (Lipinski definition) is 0. The van der Waals surface area contributed by atoms with E-state index in [1.54, 1.807) is 5.01 Å². The van der Waals surface area contributed by atoms with Gasteiger partial charge in [0, 0.05) is 36.6 Å². The zero-order valence-corrected chi connectivity index (χ0v) is 13.6. The van der Waals surface area contributed by atoms with Gasteiger partial charge in [0.1, 0.15) is 7.14 Å². The fourth-order valence-corrected chi connectivity index (χ4v) is 5.04. The molecule has 0 aliphatic heterocycles. The van der Waals surface area contributed by atoms with Crippen LogP contribution in [0, 0.1) is 0 Å². The molecule has 0 radical (unpaired) electrons. The molecule has 0 unspecified atom stereocenters. The Bertz CT molecular complexity index is 608. The van der Waals surface area contributed by atoms with Crippen LogP contribution in [0.3, 0.4) is 0 Å². The first-order chi connectivity index (χ1) is 10.0. The fraction of sp³-hybridized carbons (Fsp3) is 0.235. The van der Waals surface area contributed by atoms with Crippen molar-refractivity contribution in [3.63, 3.8) is 0 Å². The summed E-state index contributed by atoms with van der Waals surface area (Å²) in [5.74, 6) is 0. The summed E-state index contributed by atoms with van der Waals surface area (Å²) in [4.78, 5) is 0. The van der Waals surface area contributed by atoms with Crippen LogP contribution in [0.25, 0.3) is 0 Å². The normalized spacial score (nSPS) is 12.2. The molecule has 0 bridgehead atoms. The van der Waals surface area contributed by atoms with Crippen LogP contribution in [0.15, 0.2) is 65.8 Å².